The SMILES string of the molecule is Cc1ccccc1CS(=O)(=O)Nc1ccn[nH]1. The summed E-state index contributed by atoms with van der Waals surface area (Å²) in [5.74, 6) is 0.331. The number of hydrogen-bond acceptors (Lipinski definition) is 3. The molecule has 0 amide bonds. The van der Waals surface area contributed by atoms with Crippen molar-refractivity contribution in [3.8, 4) is 0 Å². The predicted molar refractivity (Wildman–Crippen MR) is 66.0 cm³/mol. The largest absolute Gasteiger partial charge is 0.267 e. The zero-order valence-corrected chi connectivity index (χ0v) is 10.2. The van der Waals surface area contributed by atoms with Crippen LogP contribution in [0.15, 0.2) is 36.5 Å². The van der Waals surface area contributed by atoms with Crippen LogP contribution in [-0.2, 0) is 15.8 Å². The number of aryl methyl sites for hydroxylation is 1. The lowest BCUT2D eigenvalue weighted by Crippen LogP contribution is -2.15. The summed E-state index contributed by atoms with van der Waals surface area (Å²) < 4.78 is 26.1. The van der Waals surface area contributed by atoms with Crippen LogP contribution in [0.2, 0.25) is 0 Å². The molecule has 0 fully saturated rings. The van der Waals surface area contributed by atoms with Gasteiger partial charge in [0.05, 0.1) is 11.9 Å². The van der Waals surface area contributed by atoms with Gasteiger partial charge in [-0.25, -0.2) is 8.42 Å². The molecule has 17 heavy (non-hydrogen) atoms. The van der Waals surface area contributed by atoms with Gasteiger partial charge in [-0.2, -0.15) is 5.10 Å². The summed E-state index contributed by atoms with van der Waals surface area (Å²) in [5, 5.41) is 6.23. The van der Waals surface area contributed by atoms with Crippen molar-refractivity contribution in [1.82, 2.24) is 10.2 Å². The van der Waals surface area contributed by atoms with E-state index in [1.165, 1.54) is 6.20 Å². The molecule has 0 radical (unpaired) electrons. The Morgan fingerprint density at radius 1 is 1.29 bits per heavy atom. The van der Waals surface area contributed by atoms with Crippen LogP contribution >= 0.6 is 0 Å². The van der Waals surface area contributed by atoms with Crippen molar-refractivity contribution < 1.29 is 8.42 Å². The normalized spacial score (nSPS) is 11.4. The first-order valence-corrected chi connectivity index (χ1v) is 6.76. The van der Waals surface area contributed by atoms with Gasteiger partial charge >= 0.3 is 0 Å². The van der Waals surface area contributed by atoms with Crippen LogP contribution in [0.5, 0.6) is 0 Å². The number of nitrogens with zero attached hydrogens (tertiary/aromatic N) is 1. The fourth-order valence-corrected chi connectivity index (χ4v) is 2.75. The molecule has 6 heteroatoms. The Labute approximate surface area is 99.9 Å². The van der Waals surface area contributed by atoms with Crippen LogP contribution < -0.4 is 4.72 Å². The van der Waals surface area contributed by atoms with Crippen LogP contribution in [0.1, 0.15) is 11.1 Å². The van der Waals surface area contributed by atoms with Gasteiger partial charge in [-0.3, -0.25) is 9.82 Å². The molecule has 0 unspecified atom stereocenters. The fourth-order valence-electron chi connectivity index (χ4n) is 1.49. The Morgan fingerprint density at radius 3 is 2.71 bits per heavy atom. The Balaban J connectivity index is 2.16. The van der Waals surface area contributed by atoms with Crippen LogP contribution in [-0.4, -0.2) is 18.6 Å². The van der Waals surface area contributed by atoms with Crippen LogP contribution in [0.4, 0.5) is 5.82 Å². The molecule has 90 valence electrons. The van der Waals surface area contributed by atoms with Crippen molar-refractivity contribution >= 4 is 15.8 Å². The second-order valence-corrected chi connectivity index (χ2v) is 5.48. The highest BCUT2D eigenvalue weighted by Crippen LogP contribution is 2.13. The summed E-state index contributed by atoms with van der Waals surface area (Å²) in [6.07, 6.45) is 1.49. The molecular formula is C11H13N3O2S. The molecule has 5 nitrogen and oxygen atoms in total. The van der Waals surface area contributed by atoms with E-state index in [1.54, 1.807) is 6.07 Å². The zero-order valence-electron chi connectivity index (χ0n) is 9.34. The number of benzene rings is 1. The van der Waals surface area contributed by atoms with Gasteiger partial charge in [0.25, 0.3) is 0 Å². The molecule has 0 bridgehead atoms. The molecular weight excluding hydrogens is 238 g/mol. The Morgan fingerprint density at radius 2 is 2.06 bits per heavy atom. The second-order valence-electron chi connectivity index (χ2n) is 3.76. The summed E-state index contributed by atoms with van der Waals surface area (Å²) in [5.41, 5.74) is 1.75. The molecule has 1 aromatic carbocycles. The number of hydrogen-bond donors (Lipinski definition) is 2. The molecule has 2 N–H and O–H groups in total. The van der Waals surface area contributed by atoms with Crippen molar-refractivity contribution in [1.29, 1.82) is 0 Å². The van der Waals surface area contributed by atoms with Gasteiger partial charge in [0.1, 0.15) is 5.82 Å². The quantitative estimate of drug-likeness (QED) is 0.867. The topological polar surface area (TPSA) is 74.8 Å². The van der Waals surface area contributed by atoms with Crippen molar-refractivity contribution in [2.24, 2.45) is 0 Å². The number of aromatic amines is 1. The maximum absolute atomic E-state index is 11.9. The molecule has 0 aliphatic carbocycles. The lowest BCUT2D eigenvalue weighted by molar-refractivity contribution is 0.600. The monoisotopic (exact) mass is 251 g/mol. The maximum Gasteiger partial charge on any atom is 0.238 e. The van der Waals surface area contributed by atoms with Crippen molar-refractivity contribution in [2.45, 2.75) is 12.7 Å². The van der Waals surface area contributed by atoms with E-state index < -0.39 is 10.0 Å². The molecule has 0 saturated heterocycles. The van der Waals surface area contributed by atoms with E-state index in [0.717, 1.165) is 11.1 Å². The molecule has 0 saturated carbocycles. The van der Waals surface area contributed by atoms with E-state index in [9.17, 15) is 8.42 Å². The summed E-state index contributed by atoms with van der Waals surface area (Å²) in [6, 6.07) is 8.97. The predicted octanol–water partition coefficient (Wildman–Crippen LogP) is 1.66. The summed E-state index contributed by atoms with van der Waals surface area (Å²) in [7, 11) is -3.40. The van der Waals surface area contributed by atoms with Crippen molar-refractivity contribution in [2.75, 3.05) is 4.72 Å². The fraction of sp³-hybridized carbons (Fsp3) is 0.182. The number of nitrogens with one attached hydrogen (secondary N) is 2. The third-order valence-electron chi connectivity index (χ3n) is 2.37. The average Bonchev–Trinajstić information content (AvgIpc) is 2.73. The zero-order chi connectivity index (χ0) is 12.3. The smallest absolute Gasteiger partial charge is 0.238 e. The Bertz CT molecular complexity index is 591. The van der Waals surface area contributed by atoms with Gasteiger partial charge < -0.3 is 0 Å². The molecule has 2 rings (SSSR count). The van der Waals surface area contributed by atoms with E-state index in [0.29, 0.717) is 5.82 Å². The molecule has 0 atom stereocenters. The number of aromatic nitrogens is 2. The van der Waals surface area contributed by atoms with Crippen LogP contribution in [0.3, 0.4) is 0 Å². The first-order valence-electron chi connectivity index (χ1n) is 5.11. The second kappa shape index (κ2) is 4.58. The highest BCUT2D eigenvalue weighted by Gasteiger charge is 2.13. The maximum atomic E-state index is 11.9. The summed E-state index contributed by atoms with van der Waals surface area (Å²) >= 11 is 0. The Kier molecular flexibility index (Phi) is 3.14. The number of rotatable bonds is 4. The minimum absolute atomic E-state index is 0.0430. The van der Waals surface area contributed by atoms with Crippen molar-refractivity contribution in [3.63, 3.8) is 0 Å². The van der Waals surface area contributed by atoms with Crippen molar-refractivity contribution in [3.05, 3.63) is 47.7 Å². The molecule has 0 spiro atoms. The number of anilines is 1. The van der Waals surface area contributed by atoms with E-state index in [4.69, 9.17) is 0 Å². The minimum atomic E-state index is -3.40. The standard InChI is InChI=1S/C11H13N3O2S/c1-9-4-2-3-5-10(9)8-17(15,16)14-11-6-7-12-13-11/h2-7H,8H2,1H3,(H2,12,13,14). The van der Waals surface area contributed by atoms with E-state index in [2.05, 4.69) is 14.9 Å². The summed E-state index contributed by atoms with van der Waals surface area (Å²) in [4.78, 5) is 0. The van der Waals surface area contributed by atoms with Gasteiger partial charge in [0, 0.05) is 6.07 Å². The summed E-state index contributed by atoms with van der Waals surface area (Å²) in [6.45, 7) is 1.89. The average molecular weight is 251 g/mol. The van der Waals surface area contributed by atoms with Crippen LogP contribution in [0, 0.1) is 6.92 Å². The van der Waals surface area contributed by atoms with Gasteiger partial charge in [0.2, 0.25) is 10.0 Å². The van der Waals surface area contributed by atoms with Gasteiger partial charge in [0.15, 0.2) is 0 Å². The van der Waals surface area contributed by atoms with E-state index in [1.807, 2.05) is 31.2 Å². The first-order chi connectivity index (χ1) is 8.07. The Hall–Kier alpha value is -1.82. The third-order valence-corrected chi connectivity index (χ3v) is 3.59. The molecule has 0 aliphatic heterocycles. The molecule has 1 heterocycles. The van der Waals surface area contributed by atoms with Gasteiger partial charge in [-0.15, -0.1) is 0 Å². The number of H-pyrrole nitrogens is 1. The van der Waals surface area contributed by atoms with E-state index in [-0.39, 0.29) is 5.75 Å². The minimum Gasteiger partial charge on any atom is -0.267 e. The third kappa shape index (κ3) is 3.07. The van der Waals surface area contributed by atoms with Crippen LogP contribution in [0.25, 0.3) is 0 Å². The van der Waals surface area contributed by atoms with E-state index >= 15 is 0 Å². The molecule has 1 aromatic heterocycles. The number of sulfonamides is 1. The van der Waals surface area contributed by atoms with Gasteiger partial charge in [-0.05, 0) is 18.1 Å². The van der Waals surface area contributed by atoms with Gasteiger partial charge in [-0.1, -0.05) is 24.3 Å². The lowest BCUT2D eigenvalue weighted by Gasteiger charge is -2.07. The molecule has 0 aliphatic rings. The first kappa shape index (κ1) is 11.7. The highest BCUT2D eigenvalue weighted by atomic mass is 32.2. The molecule has 2 aromatic rings. The highest BCUT2D eigenvalue weighted by molar-refractivity contribution is 7.91. The lowest BCUT2D eigenvalue weighted by atomic mass is 10.1.